The number of benzene rings is 3. The topological polar surface area (TPSA) is 80.9 Å². The van der Waals surface area contributed by atoms with Crippen molar-refractivity contribution in [3.05, 3.63) is 108 Å². The van der Waals surface area contributed by atoms with Crippen molar-refractivity contribution in [1.29, 1.82) is 0 Å². The van der Waals surface area contributed by atoms with E-state index in [2.05, 4.69) is 91.0 Å². The number of aliphatic hydroxyl groups excluding tert-OH is 4. The number of hydrogen-bond acceptors (Lipinski definition) is 4. The minimum Gasteiger partial charge on any atom is -0.396 e. The van der Waals surface area contributed by atoms with E-state index >= 15 is 0 Å². The lowest BCUT2D eigenvalue weighted by Gasteiger charge is -2.18. The number of hydrogen-bond donors (Lipinski definition) is 4. The van der Waals surface area contributed by atoms with Crippen molar-refractivity contribution in [3.8, 4) is 0 Å². The summed E-state index contributed by atoms with van der Waals surface area (Å²) >= 11 is 0. The van der Waals surface area contributed by atoms with Gasteiger partial charge in [-0.1, -0.05) is 146 Å². The van der Waals surface area contributed by atoms with Crippen molar-refractivity contribution in [2.75, 3.05) is 26.4 Å². The zero-order valence-corrected chi connectivity index (χ0v) is 25.7. The molecule has 0 atom stereocenters. The van der Waals surface area contributed by atoms with Gasteiger partial charge in [-0.3, -0.25) is 0 Å². The lowest BCUT2D eigenvalue weighted by Crippen LogP contribution is -2.02. The van der Waals surface area contributed by atoms with Gasteiger partial charge in [-0.05, 0) is 40.4 Å². The van der Waals surface area contributed by atoms with Crippen molar-refractivity contribution in [1.82, 2.24) is 0 Å². The first-order valence-electron chi connectivity index (χ1n) is 14.1. The zero-order chi connectivity index (χ0) is 30.1. The molecule has 0 saturated heterocycles. The summed E-state index contributed by atoms with van der Waals surface area (Å²) in [4.78, 5) is 0. The molecule has 0 aliphatic carbocycles. The molecular formula is C35H56O4. The maximum atomic E-state index is 8.14. The van der Waals surface area contributed by atoms with E-state index in [9.17, 15) is 0 Å². The fourth-order valence-corrected chi connectivity index (χ4v) is 2.51. The average Bonchev–Trinajstić information content (AvgIpc) is 2.96. The highest BCUT2D eigenvalue weighted by molar-refractivity contribution is 5.42. The van der Waals surface area contributed by atoms with Gasteiger partial charge in [0.1, 0.15) is 0 Å². The SMILES string of the molecule is CC(C)CO.CC(C)CO.CC(C)CO.CC(C)CO.c1ccc(C(c2ccccc2)c2ccccc2)cc1. The third kappa shape index (κ3) is 23.1. The molecule has 0 aliphatic rings. The standard InChI is InChI=1S/C19H16.4C4H10O/c1-4-10-16(11-5-1)19(17-12-6-2-7-13-17)18-14-8-3-9-15-18;4*1-4(2)3-5/h1-15,19H;4*4-5H,3H2,1-2H3. The molecule has 4 N–H and O–H groups in total. The number of aliphatic hydroxyl groups is 4. The molecule has 0 bridgehead atoms. The molecule has 0 aliphatic heterocycles. The molecule has 0 saturated carbocycles. The quantitative estimate of drug-likeness (QED) is 0.235. The highest BCUT2D eigenvalue weighted by Gasteiger charge is 2.15. The fourth-order valence-electron chi connectivity index (χ4n) is 2.51. The Kier molecular flexibility index (Phi) is 25.5. The van der Waals surface area contributed by atoms with Crippen LogP contribution in [-0.4, -0.2) is 46.9 Å². The molecule has 3 rings (SSSR count). The van der Waals surface area contributed by atoms with E-state index in [1.165, 1.54) is 16.7 Å². The van der Waals surface area contributed by atoms with Gasteiger partial charge in [-0.2, -0.15) is 0 Å². The average molecular weight is 541 g/mol. The van der Waals surface area contributed by atoms with Crippen molar-refractivity contribution in [2.45, 2.75) is 61.3 Å². The van der Waals surface area contributed by atoms with Crippen LogP contribution in [0.3, 0.4) is 0 Å². The second-order valence-corrected chi connectivity index (χ2v) is 11.0. The van der Waals surface area contributed by atoms with Crippen LogP contribution in [0.15, 0.2) is 91.0 Å². The Balaban J connectivity index is 0. The van der Waals surface area contributed by atoms with Gasteiger partial charge in [0.25, 0.3) is 0 Å². The Labute approximate surface area is 239 Å². The van der Waals surface area contributed by atoms with Crippen LogP contribution in [0, 0.1) is 23.7 Å². The van der Waals surface area contributed by atoms with E-state index in [0.717, 1.165) is 0 Å². The third-order valence-electron chi connectivity index (χ3n) is 4.86. The Bertz CT molecular complexity index is 737. The van der Waals surface area contributed by atoms with E-state index in [1.807, 2.05) is 55.4 Å². The van der Waals surface area contributed by atoms with Gasteiger partial charge < -0.3 is 20.4 Å². The minimum atomic E-state index is 0.306. The van der Waals surface area contributed by atoms with Crippen LogP contribution < -0.4 is 0 Å². The fraction of sp³-hybridized carbons (Fsp3) is 0.486. The second-order valence-electron chi connectivity index (χ2n) is 11.0. The Morgan fingerprint density at radius 2 is 0.513 bits per heavy atom. The summed E-state index contributed by atoms with van der Waals surface area (Å²) in [6.45, 7) is 17.0. The molecule has 0 spiro atoms. The van der Waals surface area contributed by atoms with Crippen LogP contribution in [-0.2, 0) is 0 Å². The smallest absolute Gasteiger partial charge is 0.0453 e. The summed E-state index contributed by atoms with van der Waals surface area (Å²) in [5.41, 5.74) is 4.00. The van der Waals surface area contributed by atoms with Crippen LogP contribution in [0.25, 0.3) is 0 Å². The van der Waals surface area contributed by atoms with Gasteiger partial charge in [-0.15, -0.1) is 0 Å². The van der Waals surface area contributed by atoms with Gasteiger partial charge in [0.15, 0.2) is 0 Å². The molecule has 3 aromatic carbocycles. The first-order valence-corrected chi connectivity index (χ1v) is 14.1. The molecule has 0 amide bonds. The summed E-state index contributed by atoms with van der Waals surface area (Å²) in [5.74, 6) is 2.07. The maximum absolute atomic E-state index is 8.14. The molecule has 0 fully saturated rings. The molecule has 3 aromatic rings. The van der Waals surface area contributed by atoms with Crippen LogP contribution in [0.4, 0.5) is 0 Å². The third-order valence-corrected chi connectivity index (χ3v) is 4.86. The second kappa shape index (κ2) is 25.8. The van der Waals surface area contributed by atoms with E-state index in [0.29, 0.717) is 56.0 Å². The van der Waals surface area contributed by atoms with E-state index in [1.54, 1.807) is 0 Å². The van der Waals surface area contributed by atoms with E-state index in [4.69, 9.17) is 20.4 Å². The summed E-state index contributed by atoms with van der Waals surface area (Å²) in [6, 6.07) is 32.0. The molecule has 0 unspecified atom stereocenters. The van der Waals surface area contributed by atoms with Crippen LogP contribution in [0.1, 0.15) is 78.0 Å². The van der Waals surface area contributed by atoms with Gasteiger partial charge in [0.05, 0.1) is 0 Å². The molecular weight excluding hydrogens is 484 g/mol. The Morgan fingerprint density at radius 3 is 0.641 bits per heavy atom. The van der Waals surface area contributed by atoms with Crippen molar-refractivity contribution in [3.63, 3.8) is 0 Å². The Morgan fingerprint density at radius 1 is 0.359 bits per heavy atom. The monoisotopic (exact) mass is 540 g/mol. The molecule has 0 radical (unpaired) electrons. The van der Waals surface area contributed by atoms with Gasteiger partial charge in [-0.25, -0.2) is 0 Å². The zero-order valence-electron chi connectivity index (χ0n) is 25.7. The first-order chi connectivity index (χ1) is 18.5. The Hall–Kier alpha value is -2.50. The summed E-state index contributed by atoms with van der Waals surface area (Å²) in [7, 11) is 0. The largest absolute Gasteiger partial charge is 0.396 e. The highest BCUT2D eigenvalue weighted by atomic mass is 16.3. The molecule has 39 heavy (non-hydrogen) atoms. The van der Waals surface area contributed by atoms with Gasteiger partial charge in [0, 0.05) is 32.3 Å². The lowest BCUT2D eigenvalue weighted by molar-refractivity contribution is 0.248. The normalized spacial score (nSPS) is 10.1. The summed E-state index contributed by atoms with van der Waals surface area (Å²) in [5, 5.41) is 32.6. The van der Waals surface area contributed by atoms with Crippen LogP contribution >= 0.6 is 0 Å². The van der Waals surface area contributed by atoms with Gasteiger partial charge >= 0.3 is 0 Å². The van der Waals surface area contributed by atoms with Gasteiger partial charge in [0.2, 0.25) is 0 Å². The lowest BCUT2D eigenvalue weighted by atomic mass is 9.85. The number of rotatable bonds is 7. The predicted octanol–water partition coefficient (Wildman–Crippen LogP) is 7.41. The molecule has 0 heterocycles. The van der Waals surface area contributed by atoms with Crippen molar-refractivity contribution in [2.24, 2.45) is 23.7 Å². The molecule has 0 aromatic heterocycles. The molecule has 4 nitrogen and oxygen atoms in total. The van der Waals surface area contributed by atoms with E-state index < -0.39 is 0 Å². The van der Waals surface area contributed by atoms with Crippen LogP contribution in [0.2, 0.25) is 0 Å². The summed E-state index contributed by atoms with van der Waals surface area (Å²) < 4.78 is 0. The predicted molar refractivity (Wildman–Crippen MR) is 168 cm³/mol. The summed E-state index contributed by atoms with van der Waals surface area (Å²) in [6.07, 6.45) is 0. The minimum absolute atomic E-state index is 0.306. The van der Waals surface area contributed by atoms with Crippen molar-refractivity contribution < 1.29 is 20.4 Å². The maximum Gasteiger partial charge on any atom is 0.0453 e. The molecule has 4 heteroatoms. The van der Waals surface area contributed by atoms with Crippen molar-refractivity contribution >= 4 is 0 Å². The first kappa shape index (κ1) is 38.6. The highest BCUT2D eigenvalue weighted by Crippen LogP contribution is 2.31. The van der Waals surface area contributed by atoms with Crippen LogP contribution in [0.5, 0.6) is 0 Å². The van der Waals surface area contributed by atoms with E-state index in [-0.39, 0.29) is 0 Å². The molecule has 220 valence electrons.